The zero-order chi connectivity index (χ0) is 48.8. The lowest BCUT2D eigenvalue weighted by Crippen LogP contribution is -2.59. The molecule has 2 heterocycles. The van der Waals surface area contributed by atoms with Gasteiger partial charge in [-0.3, -0.25) is 9.69 Å². The van der Waals surface area contributed by atoms with Crippen molar-refractivity contribution in [3.05, 3.63) is 44.2 Å². The first kappa shape index (κ1) is 58.5. The second-order valence-corrected chi connectivity index (χ2v) is 15.9. The molecule has 2 aliphatic heterocycles. The molecule has 23 heteroatoms. The summed E-state index contributed by atoms with van der Waals surface area (Å²) in [4.78, 5) is 52.8. The molecule has 2 saturated heterocycles. The summed E-state index contributed by atoms with van der Waals surface area (Å²) in [6, 6.07) is -1.39. The molecular formula is C42H70F3N9O11. The molecule has 0 unspecified atom stereocenters. The molecule has 65 heavy (non-hydrogen) atoms. The Kier molecular flexibility index (Phi) is 29.8. The molecule has 20 nitrogen and oxygen atoms in total. The SMILES string of the molecule is CCOC(=O)C1=C[C@@H](C)[C@H](C)[C@@H](N=[N+]=[N-])C1.CCOC(=O)C1=C[C@@H](N2CCC[C@@H](COCCOC)C2)[C@H](NC(C)=O)[C@@H](N=[N+]=[N-])C1.COCCOC[C@@H]1CCCNC1.O=C(O)C(F)(F)F. The molecule has 0 aromatic rings. The largest absolute Gasteiger partial charge is 0.490 e. The van der Waals surface area contributed by atoms with Crippen molar-refractivity contribution in [2.45, 2.75) is 103 Å². The van der Waals surface area contributed by atoms with Crippen molar-refractivity contribution < 1.29 is 65.9 Å². The number of carbonyl (C=O) groups excluding carboxylic acids is 3. The van der Waals surface area contributed by atoms with Crippen LogP contribution in [0.1, 0.15) is 73.1 Å². The molecule has 0 aromatic heterocycles. The van der Waals surface area contributed by atoms with E-state index in [9.17, 15) is 27.6 Å². The number of azide groups is 2. The number of carboxylic acids is 1. The van der Waals surface area contributed by atoms with Gasteiger partial charge in [0.05, 0.1) is 64.9 Å². The van der Waals surface area contributed by atoms with Crippen LogP contribution in [0.4, 0.5) is 13.2 Å². The summed E-state index contributed by atoms with van der Waals surface area (Å²) in [5.41, 5.74) is 18.6. The summed E-state index contributed by atoms with van der Waals surface area (Å²) in [5, 5.41) is 21.1. The zero-order valence-electron chi connectivity index (χ0n) is 38.8. The molecule has 0 saturated carbocycles. The third-order valence-electron chi connectivity index (χ3n) is 10.9. The third-order valence-corrected chi connectivity index (χ3v) is 10.9. The van der Waals surface area contributed by atoms with Crippen molar-refractivity contribution in [1.82, 2.24) is 15.5 Å². The van der Waals surface area contributed by atoms with Crippen LogP contribution >= 0.6 is 0 Å². The summed E-state index contributed by atoms with van der Waals surface area (Å²) in [7, 11) is 3.34. The van der Waals surface area contributed by atoms with Gasteiger partial charge in [0.1, 0.15) is 0 Å². The number of aliphatic carboxylic acids is 1. The van der Waals surface area contributed by atoms with E-state index in [4.69, 9.17) is 49.4 Å². The number of likely N-dealkylation sites (tertiary alicyclic amines) is 1. The summed E-state index contributed by atoms with van der Waals surface area (Å²) in [6.07, 6.45) is 4.06. The van der Waals surface area contributed by atoms with Gasteiger partial charge in [-0.1, -0.05) is 36.2 Å². The van der Waals surface area contributed by atoms with E-state index in [-0.39, 0.29) is 48.8 Å². The van der Waals surface area contributed by atoms with Crippen LogP contribution in [0.25, 0.3) is 20.9 Å². The number of rotatable bonds is 18. The number of halogens is 3. The lowest BCUT2D eigenvalue weighted by Gasteiger charge is -2.44. The van der Waals surface area contributed by atoms with Gasteiger partial charge in [0.25, 0.3) is 0 Å². The van der Waals surface area contributed by atoms with Gasteiger partial charge in [0.15, 0.2) is 0 Å². The van der Waals surface area contributed by atoms with Crippen LogP contribution in [0.15, 0.2) is 33.5 Å². The molecule has 4 rings (SSSR count). The number of nitrogens with zero attached hydrogens (tertiary/aromatic N) is 7. The van der Waals surface area contributed by atoms with Crippen molar-refractivity contribution in [2.24, 2.45) is 33.9 Å². The van der Waals surface area contributed by atoms with Crippen LogP contribution in [-0.4, -0.2) is 157 Å². The molecule has 0 aromatic carbocycles. The van der Waals surface area contributed by atoms with E-state index in [0.29, 0.717) is 56.5 Å². The molecule has 2 aliphatic carbocycles. The lowest BCUT2D eigenvalue weighted by molar-refractivity contribution is -0.192. The normalized spacial score (nSPS) is 25.3. The average Bonchev–Trinajstić information content (AvgIpc) is 3.27. The van der Waals surface area contributed by atoms with E-state index in [0.717, 1.165) is 51.6 Å². The number of piperidine rings is 2. The summed E-state index contributed by atoms with van der Waals surface area (Å²) < 4.78 is 62.9. The Bertz CT molecular complexity index is 1600. The van der Waals surface area contributed by atoms with Crippen molar-refractivity contribution in [3.8, 4) is 0 Å². The maximum Gasteiger partial charge on any atom is 0.490 e. The first-order valence-corrected chi connectivity index (χ1v) is 22.0. The molecular weight excluding hydrogens is 864 g/mol. The average molecular weight is 934 g/mol. The molecule has 1 amide bonds. The fourth-order valence-electron chi connectivity index (χ4n) is 7.50. The van der Waals surface area contributed by atoms with Gasteiger partial charge < -0.3 is 44.2 Å². The Labute approximate surface area is 379 Å². The summed E-state index contributed by atoms with van der Waals surface area (Å²) in [5.74, 6) is -2.11. The number of esters is 2. The predicted octanol–water partition coefficient (Wildman–Crippen LogP) is 5.92. The quantitative estimate of drug-likeness (QED) is 0.0474. The number of nitrogens with one attached hydrogen (secondary N) is 2. The zero-order valence-corrected chi connectivity index (χ0v) is 38.8. The number of carboxylic acid groups (broad SMARTS) is 1. The van der Waals surface area contributed by atoms with E-state index in [1.165, 1.54) is 26.3 Å². The first-order chi connectivity index (χ1) is 31.0. The van der Waals surface area contributed by atoms with Crippen molar-refractivity contribution in [2.75, 3.05) is 93.3 Å². The van der Waals surface area contributed by atoms with Crippen LogP contribution in [0.2, 0.25) is 0 Å². The Balaban J connectivity index is 0.000000501. The van der Waals surface area contributed by atoms with Gasteiger partial charge in [-0.05, 0) is 100 Å². The number of carbonyl (C=O) groups is 4. The number of hydrogen-bond donors (Lipinski definition) is 3. The molecule has 8 atom stereocenters. The van der Waals surface area contributed by atoms with Crippen LogP contribution in [-0.2, 0) is 47.6 Å². The molecule has 4 aliphatic rings. The summed E-state index contributed by atoms with van der Waals surface area (Å²) >= 11 is 0. The number of allylic oxidation sites excluding steroid dienone is 1. The van der Waals surface area contributed by atoms with Crippen molar-refractivity contribution >= 4 is 23.8 Å². The lowest BCUT2D eigenvalue weighted by atomic mass is 9.79. The minimum absolute atomic E-state index is 0.149. The van der Waals surface area contributed by atoms with Crippen molar-refractivity contribution in [1.29, 1.82) is 0 Å². The smallest absolute Gasteiger partial charge is 0.475 e. The molecule has 0 spiro atoms. The number of hydrogen-bond acceptors (Lipinski definition) is 14. The molecule has 2 fully saturated rings. The topological polar surface area (TPSA) is 269 Å². The van der Waals surface area contributed by atoms with Crippen LogP contribution < -0.4 is 10.6 Å². The van der Waals surface area contributed by atoms with Crippen LogP contribution in [0.3, 0.4) is 0 Å². The van der Waals surface area contributed by atoms with Gasteiger partial charge in [0, 0.05) is 67.3 Å². The Morgan fingerprint density at radius 2 is 1.38 bits per heavy atom. The summed E-state index contributed by atoms with van der Waals surface area (Å²) in [6.45, 7) is 17.6. The number of alkyl halides is 3. The van der Waals surface area contributed by atoms with Crippen LogP contribution in [0, 0.1) is 23.7 Å². The number of amides is 1. The van der Waals surface area contributed by atoms with E-state index in [2.05, 4.69) is 35.6 Å². The first-order valence-electron chi connectivity index (χ1n) is 22.0. The van der Waals surface area contributed by atoms with Crippen molar-refractivity contribution in [3.63, 3.8) is 0 Å². The van der Waals surface area contributed by atoms with Gasteiger partial charge >= 0.3 is 24.1 Å². The Morgan fingerprint density at radius 3 is 1.88 bits per heavy atom. The minimum Gasteiger partial charge on any atom is -0.475 e. The van der Waals surface area contributed by atoms with E-state index in [1.54, 1.807) is 28.1 Å². The highest BCUT2D eigenvalue weighted by Crippen LogP contribution is 2.32. The van der Waals surface area contributed by atoms with E-state index >= 15 is 0 Å². The van der Waals surface area contributed by atoms with Gasteiger partial charge in [0.2, 0.25) is 5.91 Å². The molecule has 3 N–H and O–H groups in total. The van der Waals surface area contributed by atoms with E-state index in [1.807, 2.05) is 26.0 Å². The highest BCUT2D eigenvalue weighted by Gasteiger charge is 2.40. The van der Waals surface area contributed by atoms with Crippen LogP contribution in [0.5, 0.6) is 0 Å². The molecule has 0 radical (unpaired) electrons. The monoisotopic (exact) mass is 934 g/mol. The van der Waals surface area contributed by atoms with E-state index < -0.39 is 30.2 Å². The second-order valence-electron chi connectivity index (χ2n) is 15.9. The molecule has 370 valence electrons. The van der Waals surface area contributed by atoms with Gasteiger partial charge in [-0.15, -0.1) is 0 Å². The van der Waals surface area contributed by atoms with Gasteiger partial charge in [-0.2, -0.15) is 13.2 Å². The Morgan fingerprint density at radius 1 is 0.862 bits per heavy atom. The second kappa shape index (κ2) is 33.1. The third kappa shape index (κ3) is 23.5. The fourth-order valence-corrected chi connectivity index (χ4v) is 7.50. The highest BCUT2D eigenvalue weighted by molar-refractivity contribution is 5.89. The maximum absolute atomic E-state index is 12.4. The highest BCUT2D eigenvalue weighted by atomic mass is 19.4. The maximum atomic E-state index is 12.4. The standard InChI is InChI=1S/C20H33N5O5.C11H17N3O2.C9H19NO2.C2HF3O2/c1-4-30-20(27)16-10-17(23-24-21)19(22-14(2)26)18(11-16)25-7-5-6-15(12-25)13-29-9-8-28-3;1-4-16-11(15)9-5-7(2)8(3)10(6-9)13-14-12;1-11-5-6-12-8-9-3-2-4-10-7-9;3-2(4,5)1(6)7/h11,15,17-19H,4-10,12-13H2,1-3H3,(H,22,26);5,7-8,10H,4,6H2,1-3H3;9-10H,2-8H2,1H3;(H,6,7)/t15-,17+,18-,19-;7-,8+,10+;9-;/m111./s1. The van der Waals surface area contributed by atoms with Gasteiger partial charge in [-0.25, -0.2) is 14.4 Å². The fraction of sp³-hybridized carbons (Fsp3) is 0.810. The number of ether oxygens (including phenoxy) is 6. The predicted molar refractivity (Wildman–Crippen MR) is 233 cm³/mol. The Hall–Kier alpha value is -4.47. The number of methoxy groups -OCH3 is 2. The minimum atomic E-state index is -5.08. The molecule has 0 bridgehead atoms.